The van der Waals surface area contributed by atoms with Gasteiger partial charge in [-0.2, -0.15) is 4.39 Å². The highest BCUT2D eigenvalue weighted by Gasteiger charge is 2.29. The maximum absolute atomic E-state index is 13.6. The lowest BCUT2D eigenvalue weighted by Gasteiger charge is -2.19. The molecule has 0 saturated carbocycles. The van der Waals surface area contributed by atoms with Crippen molar-refractivity contribution in [3.05, 3.63) is 33.9 Å². The minimum Gasteiger partial charge on any atom is -0.395 e. The van der Waals surface area contributed by atoms with Crippen molar-refractivity contribution in [1.29, 1.82) is 0 Å². The molecule has 0 spiro atoms. The van der Waals surface area contributed by atoms with Crippen molar-refractivity contribution >= 4 is 15.7 Å². The molecule has 1 aromatic carbocycles. The number of rotatable bonds is 6. The summed E-state index contributed by atoms with van der Waals surface area (Å²) in [4.78, 5) is 8.39. The van der Waals surface area contributed by atoms with Gasteiger partial charge in [-0.3, -0.25) is 10.1 Å². The molecule has 7 nitrogen and oxygen atoms in total. The predicted octanol–water partition coefficient (Wildman–Crippen LogP) is 1.17. The standard InChI is InChI=1S/C11H14F2N2O5S/c1-6(2)9(5-16)14-21(19,20)11-4-10(15(17)18)7(12)3-8(11)13/h3-4,6,9,14,16H,5H2,1-2H3. The Morgan fingerprint density at radius 3 is 2.33 bits per heavy atom. The lowest BCUT2D eigenvalue weighted by molar-refractivity contribution is -0.387. The van der Waals surface area contributed by atoms with Crippen molar-refractivity contribution in [2.75, 3.05) is 6.61 Å². The molecule has 1 unspecified atom stereocenters. The third-order valence-corrected chi connectivity index (χ3v) is 4.30. The zero-order valence-electron chi connectivity index (χ0n) is 11.2. The molecule has 0 heterocycles. The Morgan fingerprint density at radius 1 is 1.33 bits per heavy atom. The van der Waals surface area contributed by atoms with Gasteiger partial charge >= 0.3 is 5.69 Å². The van der Waals surface area contributed by atoms with Crippen LogP contribution >= 0.6 is 0 Å². The van der Waals surface area contributed by atoms with Crippen LogP contribution in [0.5, 0.6) is 0 Å². The molecule has 1 aromatic rings. The van der Waals surface area contributed by atoms with E-state index in [4.69, 9.17) is 5.11 Å². The second-order valence-corrected chi connectivity index (χ2v) is 6.33. The molecular weight excluding hydrogens is 310 g/mol. The van der Waals surface area contributed by atoms with Gasteiger partial charge < -0.3 is 5.11 Å². The highest BCUT2D eigenvalue weighted by atomic mass is 32.2. The topological polar surface area (TPSA) is 110 Å². The van der Waals surface area contributed by atoms with Crippen molar-refractivity contribution in [2.24, 2.45) is 5.92 Å². The minimum atomic E-state index is -4.48. The number of aliphatic hydroxyl groups excluding tert-OH is 1. The van der Waals surface area contributed by atoms with Gasteiger partial charge in [-0.25, -0.2) is 17.5 Å². The van der Waals surface area contributed by atoms with Crippen LogP contribution in [-0.2, 0) is 10.0 Å². The summed E-state index contributed by atoms with van der Waals surface area (Å²) in [5, 5.41) is 19.7. The second-order valence-electron chi connectivity index (χ2n) is 4.65. The van der Waals surface area contributed by atoms with E-state index >= 15 is 0 Å². The molecule has 2 N–H and O–H groups in total. The summed E-state index contributed by atoms with van der Waals surface area (Å²) in [6, 6.07) is -0.462. The summed E-state index contributed by atoms with van der Waals surface area (Å²) in [6.07, 6.45) is 0. The van der Waals surface area contributed by atoms with E-state index in [1.807, 2.05) is 4.72 Å². The maximum atomic E-state index is 13.6. The molecule has 0 aliphatic rings. The van der Waals surface area contributed by atoms with Gasteiger partial charge in [0.2, 0.25) is 15.8 Å². The first-order valence-electron chi connectivity index (χ1n) is 5.86. The Kier molecular flexibility index (Phi) is 5.31. The third kappa shape index (κ3) is 3.93. The Balaban J connectivity index is 3.31. The summed E-state index contributed by atoms with van der Waals surface area (Å²) < 4.78 is 52.8. The van der Waals surface area contributed by atoms with Crippen LogP contribution in [0.25, 0.3) is 0 Å². The van der Waals surface area contributed by atoms with Crippen LogP contribution in [0.2, 0.25) is 0 Å². The molecule has 0 fully saturated rings. The highest BCUT2D eigenvalue weighted by molar-refractivity contribution is 7.89. The van der Waals surface area contributed by atoms with E-state index < -0.39 is 49.8 Å². The molecule has 0 aliphatic heterocycles. The van der Waals surface area contributed by atoms with E-state index in [0.29, 0.717) is 6.07 Å². The molecule has 0 saturated heterocycles. The summed E-state index contributed by atoms with van der Waals surface area (Å²) >= 11 is 0. The first kappa shape index (κ1) is 17.4. The van der Waals surface area contributed by atoms with Crippen LogP contribution < -0.4 is 4.72 Å². The van der Waals surface area contributed by atoms with Crippen LogP contribution in [0.15, 0.2) is 17.0 Å². The maximum Gasteiger partial charge on any atom is 0.306 e. The van der Waals surface area contributed by atoms with Gasteiger partial charge in [0.1, 0.15) is 10.7 Å². The predicted molar refractivity (Wildman–Crippen MR) is 69.0 cm³/mol. The number of hydrogen-bond donors (Lipinski definition) is 2. The first-order valence-corrected chi connectivity index (χ1v) is 7.35. The number of nitrogens with zero attached hydrogens (tertiary/aromatic N) is 1. The summed E-state index contributed by atoms with van der Waals surface area (Å²) in [7, 11) is -4.48. The number of hydrogen-bond acceptors (Lipinski definition) is 5. The molecule has 0 aliphatic carbocycles. The fourth-order valence-corrected chi connectivity index (χ4v) is 2.97. The summed E-state index contributed by atoms with van der Waals surface area (Å²) in [5.74, 6) is -3.23. The minimum absolute atomic E-state index is 0.135. The number of nitro groups is 1. The van der Waals surface area contributed by atoms with Gasteiger partial charge in [-0.05, 0) is 5.92 Å². The van der Waals surface area contributed by atoms with E-state index in [1.54, 1.807) is 13.8 Å². The van der Waals surface area contributed by atoms with Crippen molar-refractivity contribution in [3.63, 3.8) is 0 Å². The van der Waals surface area contributed by atoms with E-state index in [9.17, 15) is 27.3 Å². The molecule has 1 rings (SSSR count). The lowest BCUT2D eigenvalue weighted by Crippen LogP contribution is -2.41. The number of benzene rings is 1. The van der Waals surface area contributed by atoms with Gasteiger partial charge in [-0.1, -0.05) is 13.8 Å². The quantitative estimate of drug-likeness (QED) is 0.603. The van der Waals surface area contributed by atoms with Gasteiger partial charge in [0.05, 0.1) is 11.5 Å². The number of sulfonamides is 1. The van der Waals surface area contributed by atoms with E-state index in [2.05, 4.69) is 0 Å². The van der Waals surface area contributed by atoms with Crippen LogP contribution in [-0.4, -0.2) is 31.1 Å². The average molecular weight is 324 g/mol. The fraction of sp³-hybridized carbons (Fsp3) is 0.455. The number of halogens is 2. The molecule has 118 valence electrons. The summed E-state index contributed by atoms with van der Waals surface area (Å²) in [5.41, 5.74) is -1.15. The monoisotopic (exact) mass is 324 g/mol. The van der Waals surface area contributed by atoms with E-state index in [-0.39, 0.29) is 12.0 Å². The fourth-order valence-electron chi connectivity index (χ4n) is 1.51. The average Bonchev–Trinajstić information content (AvgIpc) is 2.34. The van der Waals surface area contributed by atoms with Crippen molar-refractivity contribution in [3.8, 4) is 0 Å². The molecule has 1 atom stereocenters. The van der Waals surface area contributed by atoms with Gasteiger partial charge in [0, 0.05) is 18.2 Å². The zero-order valence-corrected chi connectivity index (χ0v) is 12.0. The van der Waals surface area contributed by atoms with Crippen LogP contribution in [0.3, 0.4) is 0 Å². The Bertz CT molecular complexity index is 648. The molecule has 10 heteroatoms. The number of nitro benzene ring substituents is 1. The normalized spacial score (nSPS) is 13.4. The lowest BCUT2D eigenvalue weighted by atomic mass is 10.1. The van der Waals surface area contributed by atoms with Crippen LogP contribution in [0.1, 0.15) is 13.8 Å². The van der Waals surface area contributed by atoms with Crippen LogP contribution in [0, 0.1) is 27.7 Å². The first-order chi connectivity index (χ1) is 9.60. The largest absolute Gasteiger partial charge is 0.395 e. The zero-order chi connectivity index (χ0) is 16.4. The van der Waals surface area contributed by atoms with E-state index in [0.717, 1.165) is 0 Å². The third-order valence-electron chi connectivity index (χ3n) is 2.80. The molecular formula is C11H14F2N2O5S. The van der Waals surface area contributed by atoms with Crippen LogP contribution in [0.4, 0.5) is 14.5 Å². The molecule has 0 radical (unpaired) electrons. The second kappa shape index (κ2) is 6.41. The molecule has 0 aromatic heterocycles. The van der Waals surface area contributed by atoms with Gasteiger partial charge in [0.25, 0.3) is 0 Å². The van der Waals surface area contributed by atoms with Gasteiger partial charge in [0.15, 0.2) is 0 Å². The van der Waals surface area contributed by atoms with Crippen molar-refractivity contribution in [2.45, 2.75) is 24.8 Å². The smallest absolute Gasteiger partial charge is 0.306 e. The summed E-state index contributed by atoms with van der Waals surface area (Å²) in [6.45, 7) is 2.70. The molecule has 0 bridgehead atoms. The van der Waals surface area contributed by atoms with E-state index in [1.165, 1.54) is 0 Å². The molecule has 0 amide bonds. The van der Waals surface area contributed by atoms with Gasteiger partial charge in [-0.15, -0.1) is 0 Å². The number of aliphatic hydroxyl groups is 1. The Hall–Kier alpha value is -1.65. The molecule has 21 heavy (non-hydrogen) atoms. The Morgan fingerprint density at radius 2 is 1.90 bits per heavy atom. The SMILES string of the molecule is CC(C)C(CO)NS(=O)(=O)c1cc([N+](=O)[O-])c(F)cc1F. The van der Waals surface area contributed by atoms with Crippen molar-refractivity contribution < 1.29 is 27.2 Å². The number of nitrogens with one attached hydrogen (secondary N) is 1. The Labute approximate surface area is 119 Å². The van der Waals surface area contributed by atoms with Crippen molar-refractivity contribution in [1.82, 2.24) is 4.72 Å². The highest BCUT2D eigenvalue weighted by Crippen LogP contribution is 2.25.